The molecule has 12 heavy (non-hydrogen) atoms. The normalized spacial score (nSPS) is 13.2. The third kappa shape index (κ3) is 2.06. The fraction of sp³-hybridized carbons (Fsp3) is 0.556. The van der Waals surface area contributed by atoms with Crippen LogP contribution in [0.15, 0.2) is 11.4 Å². The molecule has 0 aliphatic carbocycles. The van der Waals surface area contributed by atoms with E-state index in [4.69, 9.17) is 5.90 Å². The Hall–Kier alpha value is -0.380. The molecule has 2 nitrogen and oxygen atoms in total. The molecule has 1 aromatic heterocycles. The summed E-state index contributed by atoms with van der Waals surface area (Å²) in [7, 11) is 0. The van der Waals surface area contributed by atoms with Gasteiger partial charge in [0.15, 0.2) is 0 Å². The second-order valence-electron chi connectivity index (χ2n) is 2.90. The molecule has 0 aliphatic rings. The van der Waals surface area contributed by atoms with E-state index >= 15 is 0 Å². The van der Waals surface area contributed by atoms with Gasteiger partial charge in [-0.1, -0.05) is 13.8 Å². The summed E-state index contributed by atoms with van der Waals surface area (Å²) in [4.78, 5) is 6.04. The molecule has 1 unspecified atom stereocenters. The van der Waals surface area contributed by atoms with Gasteiger partial charge in [-0.25, -0.2) is 5.90 Å². The molecule has 0 radical (unpaired) electrons. The lowest BCUT2D eigenvalue weighted by atomic mass is 10.1. The van der Waals surface area contributed by atoms with E-state index in [1.807, 2.05) is 0 Å². The Bertz CT molecular complexity index is 234. The molecule has 0 saturated carbocycles. The standard InChI is InChI=1S/C9H15NOS/c1-3-8-4-5-12-9(8)7(2)6-11-10/h4-5,7H,3,6,10H2,1-2H3. The predicted molar refractivity (Wildman–Crippen MR) is 52.3 cm³/mol. The highest BCUT2D eigenvalue weighted by molar-refractivity contribution is 7.10. The third-order valence-corrected chi connectivity index (χ3v) is 3.15. The van der Waals surface area contributed by atoms with Crippen LogP contribution in [0.2, 0.25) is 0 Å². The summed E-state index contributed by atoms with van der Waals surface area (Å²) in [6.45, 7) is 4.91. The van der Waals surface area contributed by atoms with Gasteiger partial charge in [-0.3, -0.25) is 0 Å². The Morgan fingerprint density at radius 1 is 1.67 bits per heavy atom. The predicted octanol–water partition coefficient (Wildman–Crippen LogP) is 2.30. The van der Waals surface area contributed by atoms with Gasteiger partial charge < -0.3 is 4.84 Å². The smallest absolute Gasteiger partial charge is 0.0753 e. The molecular formula is C9H15NOS. The Kier molecular flexibility index (Phi) is 3.72. The van der Waals surface area contributed by atoms with E-state index in [1.54, 1.807) is 11.3 Å². The maximum absolute atomic E-state index is 5.03. The number of hydrogen-bond donors (Lipinski definition) is 1. The largest absolute Gasteiger partial charge is 0.304 e. The summed E-state index contributed by atoms with van der Waals surface area (Å²) in [6.07, 6.45) is 1.09. The van der Waals surface area contributed by atoms with Crippen LogP contribution >= 0.6 is 11.3 Å². The fourth-order valence-corrected chi connectivity index (χ4v) is 2.34. The average Bonchev–Trinajstić information content (AvgIpc) is 2.51. The van der Waals surface area contributed by atoms with Crippen molar-refractivity contribution in [3.05, 3.63) is 21.9 Å². The first-order chi connectivity index (χ1) is 5.79. The molecular weight excluding hydrogens is 170 g/mol. The summed E-state index contributed by atoms with van der Waals surface area (Å²) in [5.41, 5.74) is 1.42. The highest BCUT2D eigenvalue weighted by Gasteiger charge is 2.10. The van der Waals surface area contributed by atoms with Crippen molar-refractivity contribution >= 4 is 11.3 Å². The Labute approximate surface area is 77.3 Å². The number of aryl methyl sites for hydroxylation is 1. The molecule has 0 saturated heterocycles. The second kappa shape index (κ2) is 4.60. The fourth-order valence-electron chi connectivity index (χ4n) is 1.29. The van der Waals surface area contributed by atoms with Gasteiger partial charge in [0.05, 0.1) is 6.61 Å². The minimum absolute atomic E-state index is 0.421. The molecule has 3 heteroatoms. The molecule has 1 aromatic rings. The average molecular weight is 185 g/mol. The molecule has 68 valence electrons. The maximum atomic E-state index is 5.03. The van der Waals surface area contributed by atoms with Crippen molar-refractivity contribution in [2.24, 2.45) is 5.90 Å². The zero-order valence-corrected chi connectivity index (χ0v) is 8.36. The van der Waals surface area contributed by atoms with E-state index in [0.29, 0.717) is 12.5 Å². The number of rotatable bonds is 4. The minimum Gasteiger partial charge on any atom is -0.304 e. The second-order valence-corrected chi connectivity index (χ2v) is 3.85. The highest BCUT2D eigenvalue weighted by atomic mass is 32.1. The first kappa shape index (κ1) is 9.71. The molecule has 2 N–H and O–H groups in total. The van der Waals surface area contributed by atoms with Gasteiger partial charge >= 0.3 is 0 Å². The van der Waals surface area contributed by atoms with Gasteiger partial charge in [0, 0.05) is 10.8 Å². The number of thiophene rings is 1. The Balaban J connectivity index is 2.71. The molecule has 1 atom stereocenters. The molecule has 0 spiro atoms. The lowest BCUT2D eigenvalue weighted by Gasteiger charge is -2.09. The summed E-state index contributed by atoms with van der Waals surface area (Å²) >= 11 is 1.79. The van der Waals surface area contributed by atoms with Crippen molar-refractivity contribution in [3.63, 3.8) is 0 Å². The van der Waals surface area contributed by atoms with Gasteiger partial charge in [0.2, 0.25) is 0 Å². The van der Waals surface area contributed by atoms with Crippen LogP contribution in [0.4, 0.5) is 0 Å². The molecule has 0 fully saturated rings. The zero-order chi connectivity index (χ0) is 8.97. The van der Waals surface area contributed by atoms with Crippen LogP contribution in [0.3, 0.4) is 0 Å². The third-order valence-electron chi connectivity index (χ3n) is 1.96. The van der Waals surface area contributed by atoms with Gasteiger partial charge in [-0.05, 0) is 23.4 Å². The van der Waals surface area contributed by atoms with Gasteiger partial charge in [0.25, 0.3) is 0 Å². The quantitative estimate of drug-likeness (QED) is 0.730. The van der Waals surface area contributed by atoms with Crippen LogP contribution in [-0.4, -0.2) is 6.61 Å². The van der Waals surface area contributed by atoms with Crippen LogP contribution in [0.5, 0.6) is 0 Å². The van der Waals surface area contributed by atoms with Crippen molar-refractivity contribution in [1.29, 1.82) is 0 Å². The molecule has 1 heterocycles. The van der Waals surface area contributed by atoms with Gasteiger partial charge in [-0.15, -0.1) is 11.3 Å². The van der Waals surface area contributed by atoms with Crippen LogP contribution < -0.4 is 5.90 Å². The van der Waals surface area contributed by atoms with E-state index in [9.17, 15) is 0 Å². The van der Waals surface area contributed by atoms with Crippen molar-refractivity contribution < 1.29 is 4.84 Å². The summed E-state index contributed by atoms with van der Waals surface area (Å²) in [6, 6.07) is 2.17. The van der Waals surface area contributed by atoms with Crippen LogP contribution in [0, 0.1) is 0 Å². The molecule has 0 amide bonds. The summed E-state index contributed by atoms with van der Waals surface area (Å²) in [5, 5.41) is 2.13. The van der Waals surface area contributed by atoms with E-state index in [2.05, 4.69) is 30.1 Å². The van der Waals surface area contributed by atoms with Crippen molar-refractivity contribution in [2.45, 2.75) is 26.2 Å². The first-order valence-corrected chi connectivity index (χ1v) is 5.05. The highest BCUT2D eigenvalue weighted by Crippen LogP contribution is 2.26. The first-order valence-electron chi connectivity index (χ1n) is 4.17. The van der Waals surface area contributed by atoms with Crippen LogP contribution in [0.25, 0.3) is 0 Å². The van der Waals surface area contributed by atoms with Gasteiger partial charge in [-0.2, -0.15) is 0 Å². The minimum atomic E-state index is 0.421. The summed E-state index contributed by atoms with van der Waals surface area (Å²) < 4.78 is 0. The number of nitrogens with two attached hydrogens (primary N) is 1. The lowest BCUT2D eigenvalue weighted by Crippen LogP contribution is -2.08. The molecule has 0 aliphatic heterocycles. The lowest BCUT2D eigenvalue weighted by molar-refractivity contribution is 0.127. The Morgan fingerprint density at radius 3 is 3.00 bits per heavy atom. The van der Waals surface area contributed by atoms with E-state index in [0.717, 1.165) is 6.42 Å². The number of hydrogen-bond acceptors (Lipinski definition) is 3. The van der Waals surface area contributed by atoms with Gasteiger partial charge in [0.1, 0.15) is 0 Å². The zero-order valence-electron chi connectivity index (χ0n) is 7.54. The van der Waals surface area contributed by atoms with Crippen molar-refractivity contribution in [1.82, 2.24) is 0 Å². The molecule has 0 bridgehead atoms. The van der Waals surface area contributed by atoms with Crippen molar-refractivity contribution in [2.75, 3.05) is 6.61 Å². The molecule has 0 aromatic carbocycles. The summed E-state index contributed by atoms with van der Waals surface area (Å²) in [5.74, 6) is 5.45. The van der Waals surface area contributed by atoms with E-state index < -0.39 is 0 Å². The van der Waals surface area contributed by atoms with E-state index in [-0.39, 0.29) is 0 Å². The van der Waals surface area contributed by atoms with Crippen LogP contribution in [-0.2, 0) is 11.3 Å². The van der Waals surface area contributed by atoms with Crippen molar-refractivity contribution in [3.8, 4) is 0 Å². The Morgan fingerprint density at radius 2 is 2.42 bits per heavy atom. The maximum Gasteiger partial charge on any atom is 0.0753 e. The SMILES string of the molecule is CCc1ccsc1C(C)CON. The monoisotopic (exact) mass is 185 g/mol. The van der Waals surface area contributed by atoms with Crippen LogP contribution in [0.1, 0.15) is 30.2 Å². The topological polar surface area (TPSA) is 35.2 Å². The van der Waals surface area contributed by atoms with E-state index in [1.165, 1.54) is 10.4 Å². The molecule has 1 rings (SSSR count).